The molecule has 0 aliphatic carbocycles. The minimum atomic E-state index is -0.0506. The maximum Gasteiger partial charge on any atom is 0.174 e. The van der Waals surface area contributed by atoms with Gasteiger partial charge in [-0.1, -0.05) is 24.4 Å². The number of thioether (sulfide) groups is 1. The number of carbonyl (C=O) groups is 2. The Labute approximate surface area is 168 Å². The van der Waals surface area contributed by atoms with Crippen LogP contribution in [0.5, 0.6) is 11.5 Å². The number of para-hydroxylation sites is 2. The van der Waals surface area contributed by atoms with Gasteiger partial charge in [0.25, 0.3) is 0 Å². The highest BCUT2D eigenvalue weighted by Gasteiger charge is 2.28. The van der Waals surface area contributed by atoms with E-state index >= 15 is 0 Å². The minimum Gasteiger partial charge on any atom is -0.487 e. The highest BCUT2D eigenvalue weighted by Crippen LogP contribution is 2.30. The van der Waals surface area contributed by atoms with Crippen molar-refractivity contribution in [2.24, 2.45) is 0 Å². The number of thiocarbonyl (C=S) groups is 2. The topological polar surface area (TPSA) is 55.8 Å². The lowest BCUT2D eigenvalue weighted by atomic mass is 10.3. The molecule has 0 radical (unpaired) electrons. The van der Waals surface area contributed by atoms with E-state index in [4.69, 9.17) is 33.9 Å². The number of rotatable bonds is 8. The zero-order chi connectivity index (χ0) is 19.1. The molecule has 1 aliphatic heterocycles. The van der Waals surface area contributed by atoms with Gasteiger partial charge >= 0.3 is 0 Å². The van der Waals surface area contributed by atoms with Crippen LogP contribution in [0.2, 0.25) is 0 Å². The molecule has 1 saturated heterocycles. The number of ketones is 2. The number of carbonyl (C=O) groups excluding carboxylic acids is 2. The number of Topliss-reactive ketones (excluding diaryl/α,β-unsaturated/α-hetero) is 2. The summed E-state index contributed by atoms with van der Waals surface area (Å²) in [5.74, 6) is 1.99. The van der Waals surface area contributed by atoms with Gasteiger partial charge < -0.3 is 14.4 Å². The average molecular weight is 412 g/mol. The molecule has 1 unspecified atom stereocenters. The van der Waals surface area contributed by atoms with Crippen molar-refractivity contribution in [2.75, 3.05) is 18.9 Å². The minimum absolute atomic E-state index is 0.0506. The van der Waals surface area contributed by atoms with Crippen molar-refractivity contribution in [2.45, 2.75) is 32.1 Å². The summed E-state index contributed by atoms with van der Waals surface area (Å²) in [7, 11) is 0. The van der Waals surface area contributed by atoms with Crippen LogP contribution in [0.1, 0.15) is 26.7 Å². The molecule has 1 fully saturated rings. The van der Waals surface area contributed by atoms with Gasteiger partial charge in [-0.05, 0) is 38.2 Å². The van der Waals surface area contributed by atoms with E-state index in [1.165, 1.54) is 6.92 Å². The Morgan fingerprint density at radius 1 is 1.15 bits per heavy atom. The summed E-state index contributed by atoms with van der Waals surface area (Å²) in [6, 6.07) is 7.21. The second-order valence-electron chi connectivity index (χ2n) is 5.90. The Kier molecular flexibility index (Phi) is 7.99. The van der Waals surface area contributed by atoms with E-state index in [9.17, 15) is 9.59 Å². The number of nitrogens with zero attached hydrogens (tertiary/aromatic N) is 1. The summed E-state index contributed by atoms with van der Waals surface area (Å²) in [4.78, 5) is 25.2. The van der Waals surface area contributed by atoms with Crippen LogP contribution < -0.4 is 9.47 Å². The summed E-state index contributed by atoms with van der Waals surface area (Å²) < 4.78 is 11.5. The SMILES string of the molecule is CC(=O)CC(=S)Oc1ccccc1OCC1SCCN1C(=S)CC(C)=O. The third-order valence-electron chi connectivity index (χ3n) is 3.56. The molecule has 1 heterocycles. The van der Waals surface area contributed by atoms with Crippen molar-refractivity contribution in [3.8, 4) is 11.5 Å². The zero-order valence-corrected chi connectivity index (χ0v) is 17.2. The molecule has 0 N–H and O–H groups in total. The maximum absolute atomic E-state index is 11.3. The lowest BCUT2D eigenvalue weighted by molar-refractivity contribution is -0.116. The molecule has 5 nitrogen and oxygen atoms in total. The fourth-order valence-electron chi connectivity index (χ4n) is 2.44. The first-order valence-electron chi connectivity index (χ1n) is 8.19. The highest BCUT2D eigenvalue weighted by atomic mass is 32.2. The smallest absolute Gasteiger partial charge is 0.174 e. The lowest BCUT2D eigenvalue weighted by Gasteiger charge is -2.26. The molecule has 1 aromatic carbocycles. The quantitative estimate of drug-likeness (QED) is 0.603. The maximum atomic E-state index is 11.3. The first kappa shape index (κ1) is 20.8. The molecule has 26 heavy (non-hydrogen) atoms. The van der Waals surface area contributed by atoms with E-state index in [0.717, 1.165) is 12.3 Å². The summed E-state index contributed by atoms with van der Waals surface area (Å²) in [5, 5.41) is 0.270. The van der Waals surface area contributed by atoms with E-state index in [1.807, 2.05) is 17.0 Å². The standard InChI is InChI=1S/C18H21NO4S3/c1-12(20)9-16(24)19-7-8-26-17(19)11-22-14-5-3-4-6-15(14)23-18(25)10-13(2)21/h3-6,17H,7-11H2,1-2H3. The van der Waals surface area contributed by atoms with Crippen molar-refractivity contribution >= 4 is 57.8 Å². The van der Waals surface area contributed by atoms with E-state index in [0.29, 0.717) is 23.1 Å². The summed E-state index contributed by atoms with van der Waals surface area (Å²) >= 11 is 12.2. The molecule has 1 aliphatic rings. The summed E-state index contributed by atoms with van der Waals surface area (Å²) in [6.07, 6.45) is 0.376. The van der Waals surface area contributed by atoms with E-state index in [2.05, 4.69) is 0 Å². The summed E-state index contributed by atoms with van der Waals surface area (Å²) in [5.41, 5.74) is 0. The number of hydrogen-bond acceptors (Lipinski definition) is 7. The second kappa shape index (κ2) is 9.99. The molecule has 0 spiro atoms. The molecule has 1 aromatic rings. The van der Waals surface area contributed by atoms with Crippen molar-refractivity contribution < 1.29 is 19.1 Å². The Bertz CT molecular complexity index is 707. The molecular formula is C18H21NO4S3. The predicted octanol–water partition coefficient (Wildman–Crippen LogP) is 3.43. The molecule has 140 valence electrons. The molecule has 8 heteroatoms. The van der Waals surface area contributed by atoms with Crippen LogP contribution in [-0.4, -0.2) is 50.8 Å². The molecular weight excluding hydrogens is 390 g/mol. The summed E-state index contributed by atoms with van der Waals surface area (Å²) in [6.45, 7) is 4.22. The van der Waals surface area contributed by atoms with E-state index in [1.54, 1.807) is 30.8 Å². The molecule has 0 bridgehead atoms. The van der Waals surface area contributed by atoms with Gasteiger partial charge in [0.2, 0.25) is 0 Å². The van der Waals surface area contributed by atoms with Gasteiger partial charge in [0.1, 0.15) is 23.5 Å². The van der Waals surface area contributed by atoms with Gasteiger partial charge in [-0.3, -0.25) is 9.59 Å². The Balaban J connectivity index is 1.98. The first-order valence-corrected chi connectivity index (χ1v) is 10.1. The Morgan fingerprint density at radius 2 is 1.81 bits per heavy atom. The lowest BCUT2D eigenvalue weighted by Crippen LogP contribution is -2.37. The third kappa shape index (κ3) is 6.34. The van der Waals surface area contributed by atoms with E-state index in [-0.39, 0.29) is 34.8 Å². The monoisotopic (exact) mass is 411 g/mol. The number of hydrogen-bond donors (Lipinski definition) is 0. The van der Waals surface area contributed by atoms with E-state index < -0.39 is 0 Å². The second-order valence-corrected chi connectivity index (χ2v) is 8.11. The van der Waals surface area contributed by atoms with Gasteiger partial charge in [-0.25, -0.2) is 0 Å². The Morgan fingerprint density at radius 3 is 2.46 bits per heavy atom. The number of benzene rings is 1. The van der Waals surface area contributed by atoms with Gasteiger partial charge in [-0.15, -0.1) is 11.8 Å². The zero-order valence-electron chi connectivity index (χ0n) is 14.7. The van der Waals surface area contributed by atoms with Crippen LogP contribution in [0.15, 0.2) is 24.3 Å². The van der Waals surface area contributed by atoms with Crippen molar-refractivity contribution in [1.29, 1.82) is 0 Å². The van der Waals surface area contributed by atoms with Crippen LogP contribution in [0.4, 0.5) is 0 Å². The van der Waals surface area contributed by atoms with Crippen LogP contribution in [0.25, 0.3) is 0 Å². The molecule has 1 atom stereocenters. The first-order chi connectivity index (χ1) is 12.4. The normalized spacial score (nSPS) is 16.2. The van der Waals surface area contributed by atoms with Crippen LogP contribution >= 0.6 is 36.2 Å². The van der Waals surface area contributed by atoms with Crippen LogP contribution in [-0.2, 0) is 9.59 Å². The van der Waals surface area contributed by atoms with Crippen molar-refractivity contribution in [3.63, 3.8) is 0 Å². The van der Waals surface area contributed by atoms with Crippen molar-refractivity contribution in [1.82, 2.24) is 4.90 Å². The van der Waals surface area contributed by atoms with Crippen molar-refractivity contribution in [3.05, 3.63) is 24.3 Å². The number of ether oxygens (including phenoxy) is 2. The molecule has 0 saturated carbocycles. The van der Waals surface area contributed by atoms with Crippen LogP contribution in [0, 0.1) is 0 Å². The third-order valence-corrected chi connectivity index (χ3v) is 5.36. The van der Waals surface area contributed by atoms with Gasteiger partial charge in [0.05, 0.1) is 17.8 Å². The predicted molar refractivity (Wildman–Crippen MR) is 111 cm³/mol. The highest BCUT2D eigenvalue weighted by molar-refractivity contribution is 8.00. The average Bonchev–Trinajstić information content (AvgIpc) is 3.01. The van der Waals surface area contributed by atoms with Gasteiger partial charge in [-0.2, -0.15) is 0 Å². The fraction of sp³-hybridized carbons (Fsp3) is 0.444. The van der Waals surface area contributed by atoms with Gasteiger partial charge in [0.15, 0.2) is 16.5 Å². The molecule has 0 amide bonds. The van der Waals surface area contributed by atoms with Crippen LogP contribution in [0.3, 0.4) is 0 Å². The molecule has 2 rings (SSSR count). The molecule has 0 aromatic heterocycles. The van der Waals surface area contributed by atoms with Gasteiger partial charge in [0, 0.05) is 12.3 Å². The fourth-order valence-corrected chi connectivity index (χ4v) is 4.37. The largest absolute Gasteiger partial charge is 0.487 e. The Hall–Kier alpha value is -1.51.